The minimum atomic E-state index is -3.57. The number of hydrogen-bond donors (Lipinski definition) is 2. The molecule has 2 N–H and O–H groups in total. The number of nitrogens with zero attached hydrogens (tertiary/aromatic N) is 2. The predicted octanol–water partition coefficient (Wildman–Crippen LogP) is 5.35. The summed E-state index contributed by atoms with van der Waals surface area (Å²) in [5.74, 6) is -6.46. The lowest BCUT2D eigenvalue weighted by molar-refractivity contribution is -0.264. The Bertz CT molecular complexity index is 1690. The van der Waals surface area contributed by atoms with Gasteiger partial charge in [0.25, 0.3) is 11.7 Å². The van der Waals surface area contributed by atoms with Gasteiger partial charge in [0.1, 0.15) is 24.4 Å². The third-order valence-electron chi connectivity index (χ3n) is 12.4. The van der Waals surface area contributed by atoms with Gasteiger partial charge in [-0.1, -0.05) is 69.7 Å². The van der Waals surface area contributed by atoms with Crippen LogP contribution in [0.25, 0.3) is 0 Å². The number of aliphatic hydroxyl groups excluding tert-OH is 1. The Morgan fingerprint density at radius 1 is 0.897 bits per heavy atom. The largest absolute Gasteiger partial charge is 0.461 e. The molecule has 13 nitrogen and oxygen atoms in total. The summed E-state index contributed by atoms with van der Waals surface area (Å²) in [5, 5.41) is 23.0. The summed E-state index contributed by atoms with van der Waals surface area (Å²) in [6.45, 7) is 11.5. The number of allylic oxidation sites excluding steroid dienone is 6. The second-order valence-electron chi connectivity index (χ2n) is 16.9. The lowest BCUT2D eigenvalue weighted by atomic mass is 9.84. The van der Waals surface area contributed by atoms with E-state index in [0.717, 1.165) is 5.57 Å². The Morgan fingerprint density at radius 2 is 1.64 bits per heavy atom. The van der Waals surface area contributed by atoms with Crippen molar-refractivity contribution in [3.63, 3.8) is 0 Å². The molecule has 2 bridgehead atoms. The van der Waals surface area contributed by atoms with E-state index < -0.39 is 75.9 Å². The number of rotatable bonds is 3. The maximum absolute atomic E-state index is 14.1. The molecule has 326 valence electrons. The van der Waals surface area contributed by atoms with Crippen LogP contribution < -0.4 is 0 Å². The zero-order chi connectivity index (χ0) is 42.8. The minimum Gasteiger partial charge on any atom is -0.461 e. The summed E-state index contributed by atoms with van der Waals surface area (Å²) in [6.07, 6.45) is 13.6. The van der Waals surface area contributed by atoms with Gasteiger partial charge in [-0.2, -0.15) is 4.31 Å². The molecule has 0 aliphatic carbocycles. The second-order valence-corrected chi connectivity index (χ2v) is 19.0. The Balaban J connectivity index is 1.66. The van der Waals surface area contributed by atoms with E-state index in [4.69, 9.17) is 14.2 Å². The number of carbonyl (C=O) groups is 4. The van der Waals surface area contributed by atoms with E-state index in [0.29, 0.717) is 82.7 Å². The molecular weight excluding hydrogens is 765 g/mol. The average Bonchev–Trinajstić information content (AvgIpc) is 3.55. The van der Waals surface area contributed by atoms with Gasteiger partial charge < -0.3 is 29.3 Å². The highest BCUT2D eigenvalue weighted by atomic mass is 32.2. The summed E-state index contributed by atoms with van der Waals surface area (Å²) in [4.78, 5) is 56.4. The summed E-state index contributed by atoms with van der Waals surface area (Å²) in [7, 11) is -2.15. The van der Waals surface area contributed by atoms with Gasteiger partial charge in [-0.15, -0.1) is 0 Å². The zero-order valence-electron chi connectivity index (χ0n) is 35.6. The average molecular weight is 833 g/mol. The number of cyclic esters (lactones) is 1. The lowest BCUT2D eigenvalue weighted by Crippen LogP contribution is -2.61. The highest BCUT2D eigenvalue weighted by Crippen LogP contribution is 2.38. The number of aliphatic hydroxyl groups is 2. The number of Topliss-reactive ketones (excluding diaryl/α,β-unsaturated/α-hetero) is 2. The van der Waals surface area contributed by atoms with Crippen molar-refractivity contribution in [2.45, 2.75) is 161 Å². The van der Waals surface area contributed by atoms with E-state index in [-0.39, 0.29) is 36.3 Å². The number of methoxy groups -OCH3 is 1. The van der Waals surface area contributed by atoms with E-state index in [2.05, 4.69) is 0 Å². The predicted molar refractivity (Wildman–Crippen MR) is 221 cm³/mol. The molecule has 0 spiro atoms. The fraction of sp³-hybridized carbons (Fsp3) is 0.727. The summed E-state index contributed by atoms with van der Waals surface area (Å²) in [5.41, 5.74) is 1.35. The van der Waals surface area contributed by atoms with Crippen LogP contribution in [0.15, 0.2) is 47.6 Å². The molecule has 0 aromatic carbocycles. The zero-order valence-corrected chi connectivity index (χ0v) is 36.5. The van der Waals surface area contributed by atoms with Crippen LogP contribution in [-0.4, -0.2) is 120 Å². The quantitative estimate of drug-likeness (QED) is 0.213. The van der Waals surface area contributed by atoms with Crippen molar-refractivity contribution in [2.24, 2.45) is 17.8 Å². The highest BCUT2D eigenvalue weighted by molar-refractivity contribution is 7.89. The number of ether oxygens (including phenoxy) is 3. The normalized spacial score (nSPS) is 39.1. The maximum Gasteiger partial charge on any atom is 0.329 e. The van der Waals surface area contributed by atoms with Crippen molar-refractivity contribution < 1.29 is 52.0 Å². The number of sulfonamides is 1. The molecule has 0 aromatic rings. The van der Waals surface area contributed by atoms with Crippen molar-refractivity contribution in [1.29, 1.82) is 0 Å². The van der Waals surface area contributed by atoms with E-state index >= 15 is 0 Å². The van der Waals surface area contributed by atoms with Crippen LogP contribution >= 0.6 is 0 Å². The number of esters is 1. The Kier molecular flexibility index (Phi) is 17.7. The van der Waals surface area contributed by atoms with Crippen LogP contribution in [-0.2, 0) is 43.4 Å². The SMILES string of the molecule is CC[C@@H]1CCC/C=C(\C)[C@@H](O)[C@@H](OC)C(=O)[C@H](C)C[C@H](C)/C=C/C=C/C=C(\C)C(N2CCCS2(=O)=O)C[C@@H]2CC[C@@H](C)[C@@](O)(O2)C(=O)C(=O)N2CCCC[C@H]2C(=O)O1. The molecule has 4 aliphatic heterocycles. The Morgan fingerprint density at radius 3 is 2.31 bits per heavy atom. The van der Waals surface area contributed by atoms with Crippen molar-refractivity contribution in [3.8, 4) is 0 Å². The standard InChI is InChI=1S/C44H68N2O11S/c1-8-34-20-13-12-19-31(4)38(47)40(55-7)39(48)32(5)27-29(2)17-10-9-11-18-30(3)37(46-25-16-26-58(46,53)54)28-35-23-22-33(6)44(52,57-35)41(49)42(50)45-24-15-14-21-36(45)43(51)56-34/h9-11,17-19,29,32-38,40,47,52H,8,12-16,20-28H2,1-7H3/b11-9+,17-10+,30-18+,31-19+/t29-,32-,33-,34-,35+,36+,37?,38-,40-,44-/m1/s1. The van der Waals surface area contributed by atoms with Crippen LogP contribution in [0.1, 0.15) is 119 Å². The molecule has 0 radical (unpaired) electrons. The summed E-state index contributed by atoms with van der Waals surface area (Å²) < 4.78 is 45.5. The summed E-state index contributed by atoms with van der Waals surface area (Å²) >= 11 is 0. The number of amides is 1. The van der Waals surface area contributed by atoms with Crippen molar-refractivity contribution in [3.05, 3.63) is 47.6 Å². The maximum atomic E-state index is 14.1. The first-order valence-electron chi connectivity index (χ1n) is 21.3. The number of piperidine rings is 1. The van der Waals surface area contributed by atoms with Crippen LogP contribution in [0.3, 0.4) is 0 Å². The Hall–Kier alpha value is -3.01. The number of carbonyl (C=O) groups excluding carboxylic acids is 4. The molecule has 4 rings (SSSR count). The molecule has 0 aromatic heterocycles. The molecule has 3 fully saturated rings. The third kappa shape index (κ3) is 11.8. The molecule has 4 aliphatic rings. The van der Waals surface area contributed by atoms with Crippen molar-refractivity contribution in [1.82, 2.24) is 9.21 Å². The van der Waals surface area contributed by atoms with Crippen LogP contribution in [0, 0.1) is 17.8 Å². The first-order valence-corrected chi connectivity index (χ1v) is 22.9. The van der Waals surface area contributed by atoms with Gasteiger partial charge >= 0.3 is 5.97 Å². The molecular formula is C44H68N2O11S. The number of ketones is 2. The van der Waals surface area contributed by atoms with E-state index in [1.165, 1.54) is 16.3 Å². The van der Waals surface area contributed by atoms with Crippen molar-refractivity contribution >= 4 is 33.5 Å². The van der Waals surface area contributed by atoms with Crippen LogP contribution in [0.5, 0.6) is 0 Å². The van der Waals surface area contributed by atoms with E-state index in [1.54, 1.807) is 13.8 Å². The highest BCUT2D eigenvalue weighted by Gasteiger charge is 2.53. The minimum absolute atomic E-state index is 0.0203. The van der Waals surface area contributed by atoms with Crippen LogP contribution in [0.2, 0.25) is 0 Å². The van der Waals surface area contributed by atoms with Gasteiger partial charge in [0.15, 0.2) is 5.78 Å². The van der Waals surface area contributed by atoms with Gasteiger partial charge in [0, 0.05) is 38.1 Å². The van der Waals surface area contributed by atoms with Crippen LogP contribution in [0.4, 0.5) is 0 Å². The first kappa shape index (κ1) is 47.7. The molecule has 4 heterocycles. The number of fused-ring (bicyclic) bond motifs is 3. The molecule has 14 heteroatoms. The van der Waals surface area contributed by atoms with E-state index in [1.807, 2.05) is 64.2 Å². The fourth-order valence-corrected chi connectivity index (χ4v) is 10.5. The molecule has 1 amide bonds. The smallest absolute Gasteiger partial charge is 0.329 e. The third-order valence-corrected chi connectivity index (χ3v) is 14.4. The van der Waals surface area contributed by atoms with Gasteiger partial charge in [-0.3, -0.25) is 14.4 Å². The molecule has 1 unspecified atom stereocenters. The van der Waals surface area contributed by atoms with Gasteiger partial charge in [0.05, 0.1) is 11.9 Å². The van der Waals surface area contributed by atoms with Gasteiger partial charge in [-0.25, -0.2) is 13.2 Å². The molecule has 0 saturated carbocycles. The Labute approximate surface area is 346 Å². The second kappa shape index (κ2) is 21.5. The first-order chi connectivity index (χ1) is 27.4. The van der Waals surface area contributed by atoms with Gasteiger partial charge in [-0.05, 0) is 102 Å². The topological polar surface area (TPSA) is 177 Å². The molecule has 10 atom stereocenters. The monoisotopic (exact) mass is 832 g/mol. The van der Waals surface area contributed by atoms with Crippen molar-refractivity contribution in [2.75, 3.05) is 26.0 Å². The van der Waals surface area contributed by atoms with Gasteiger partial charge in [0.2, 0.25) is 15.8 Å². The lowest BCUT2D eigenvalue weighted by Gasteiger charge is -2.43. The molecule has 3 saturated heterocycles. The van der Waals surface area contributed by atoms with E-state index in [9.17, 15) is 37.8 Å². The fourth-order valence-electron chi connectivity index (χ4n) is 8.69. The summed E-state index contributed by atoms with van der Waals surface area (Å²) in [6, 6.07) is -1.62. The molecule has 58 heavy (non-hydrogen) atoms. The number of hydrogen-bond acceptors (Lipinski definition) is 11.